The fourth-order valence-corrected chi connectivity index (χ4v) is 2.71. The van der Waals surface area contributed by atoms with E-state index in [-0.39, 0.29) is 6.04 Å². The molecule has 0 aliphatic rings. The van der Waals surface area contributed by atoms with Gasteiger partial charge in [-0.1, -0.05) is 30.7 Å². The van der Waals surface area contributed by atoms with Gasteiger partial charge in [-0.25, -0.2) is 0 Å². The molecule has 114 valence electrons. The van der Waals surface area contributed by atoms with Crippen LogP contribution in [0.25, 0.3) is 0 Å². The first-order chi connectivity index (χ1) is 10.2. The minimum Gasteiger partial charge on any atom is -0.310 e. The van der Waals surface area contributed by atoms with Gasteiger partial charge in [0.25, 0.3) is 0 Å². The van der Waals surface area contributed by atoms with Crippen LogP contribution in [0.1, 0.15) is 43.0 Å². The van der Waals surface area contributed by atoms with Crippen molar-refractivity contribution < 1.29 is 0 Å². The molecule has 0 aliphatic carbocycles. The molecule has 21 heavy (non-hydrogen) atoms. The Morgan fingerprint density at radius 3 is 2.81 bits per heavy atom. The van der Waals surface area contributed by atoms with Gasteiger partial charge in [0.15, 0.2) is 0 Å². The Kier molecular flexibility index (Phi) is 5.83. The summed E-state index contributed by atoms with van der Waals surface area (Å²) in [7, 11) is 0. The van der Waals surface area contributed by atoms with Crippen molar-refractivity contribution in [3.05, 3.63) is 52.3 Å². The average Bonchev–Trinajstić information content (AvgIpc) is 2.94. The molecule has 1 atom stereocenters. The van der Waals surface area contributed by atoms with E-state index in [2.05, 4.69) is 43.4 Å². The summed E-state index contributed by atoms with van der Waals surface area (Å²) >= 11 is 6.28. The number of rotatable bonds is 7. The van der Waals surface area contributed by atoms with Gasteiger partial charge < -0.3 is 5.32 Å². The predicted octanol–water partition coefficient (Wildman–Crippen LogP) is 4.15. The van der Waals surface area contributed by atoms with Crippen LogP contribution in [0.2, 0.25) is 5.02 Å². The molecule has 0 radical (unpaired) electrons. The maximum absolute atomic E-state index is 6.28. The van der Waals surface area contributed by atoms with Crippen LogP contribution in [0.3, 0.4) is 0 Å². The highest BCUT2D eigenvalue weighted by atomic mass is 35.5. The minimum absolute atomic E-state index is 0.276. The number of aryl methyl sites for hydroxylation is 1. The van der Waals surface area contributed by atoms with Crippen molar-refractivity contribution in [1.82, 2.24) is 15.1 Å². The van der Waals surface area contributed by atoms with E-state index in [1.165, 1.54) is 11.1 Å². The van der Waals surface area contributed by atoms with Crippen LogP contribution < -0.4 is 5.32 Å². The van der Waals surface area contributed by atoms with Crippen molar-refractivity contribution >= 4 is 11.6 Å². The highest BCUT2D eigenvalue weighted by Crippen LogP contribution is 2.26. The fraction of sp³-hybridized carbons (Fsp3) is 0.471. The van der Waals surface area contributed by atoms with Crippen LogP contribution in [0.5, 0.6) is 0 Å². The molecule has 2 rings (SSSR count). The van der Waals surface area contributed by atoms with E-state index < -0.39 is 0 Å². The molecule has 3 nitrogen and oxygen atoms in total. The lowest BCUT2D eigenvalue weighted by Gasteiger charge is -2.21. The number of benzene rings is 1. The zero-order valence-electron chi connectivity index (χ0n) is 13.1. The van der Waals surface area contributed by atoms with Crippen LogP contribution in [-0.2, 0) is 13.0 Å². The van der Waals surface area contributed by atoms with Crippen molar-refractivity contribution in [2.45, 2.75) is 46.2 Å². The van der Waals surface area contributed by atoms with E-state index in [0.717, 1.165) is 36.5 Å². The molecule has 0 amide bonds. The summed E-state index contributed by atoms with van der Waals surface area (Å²) in [6.45, 7) is 8.28. The molecule has 0 bridgehead atoms. The van der Waals surface area contributed by atoms with Gasteiger partial charge >= 0.3 is 0 Å². The number of aromatic nitrogens is 2. The predicted molar refractivity (Wildman–Crippen MR) is 88.8 cm³/mol. The molecule has 1 aromatic heterocycles. The van der Waals surface area contributed by atoms with Gasteiger partial charge in [0, 0.05) is 23.8 Å². The summed E-state index contributed by atoms with van der Waals surface area (Å²) in [5.74, 6) is 0. The summed E-state index contributed by atoms with van der Waals surface area (Å²) in [4.78, 5) is 0. The SMILES string of the molecule is CCCNC(Cc1cnn(CC)c1)c1cccc(Cl)c1C. The number of halogens is 1. The first-order valence-electron chi connectivity index (χ1n) is 7.65. The zero-order valence-corrected chi connectivity index (χ0v) is 13.8. The number of nitrogens with one attached hydrogen (secondary N) is 1. The Balaban J connectivity index is 2.23. The first kappa shape index (κ1) is 16.1. The molecule has 1 aromatic carbocycles. The van der Waals surface area contributed by atoms with Crippen molar-refractivity contribution in [2.24, 2.45) is 0 Å². The lowest BCUT2D eigenvalue weighted by molar-refractivity contribution is 0.527. The molecule has 0 spiro atoms. The highest BCUT2D eigenvalue weighted by molar-refractivity contribution is 6.31. The molecule has 1 heterocycles. The minimum atomic E-state index is 0.276. The van der Waals surface area contributed by atoms with Crippen molar-refractivity contribution in [1.29, 1.82) is 0 Å². The van der Waals surface area contributed by atoms with Crippen molar-refractivity contribution in [3.8, 4) is 0 Å². The monoisotopic (exact) mass is 305 g/mol. The van der Waals surface area contributed by atoms with Gasteiger partial charge in [0.2, 0.25) is 0 Å². The lowest BCUT2D eigenvalue weighted by Crippen LogP contribution is -2.24. The lowest BCUT2D eigenvalue weighted by atomic mass is 9.96. The fourth-order valence-electron chi connectivity index (χ4n) is 2.53. The topological polar surface area (TPSA) is 29.9 Å². The van der Waals surface area contributed by atoms with Crippen LogP contribution in [0.4, 0.5) is 0 Å². The third-order valence-electron chi connectivity index (χ3n) is 3.78. The molecule has 1 unspecified atom stereocenters. The number of hydrogen-bond donors (Lipinski definition) is 1. The molecule has 0 aliphatic heterocycles. The maximum atomic E-state index is 6.28. The van der Waals surface area contributed by atoms with E-state index in [9.17, 15) is 0 Å². The third kappa shape index (κ3) is 4.08. The standard InChI is InChI=1S/C17H24ClN3/c1-4-9-19-17(10-14-11-20-21(5-2)12-14)15-7-6-8-16(18)13(15)3/h6-8,11-12,17,19H,4-5,9-10H2,1-3H3. The zero-order chi connectivity index (χ0) is 15.2. The molecule has 4 heteroatoms. The summed E-state index contributed by atoms with van der Waals surface area (Å²) in [6.07, 6.45) is 6.13. The van der Waals surface area contributed by atoms with Crippen LogP contribution in [-0.4, -0.2) is 16.3 Å². The molecule has 0 saturated heterocycles. The largest absolute Gasteiger partial charge is 0.310 e. The summed E-state index contributed by atoms with van der Waals surface area (Å²) in [6, 6.07) is 6.42. The summed E-state index contributed by atoms with van der Waals surface area (Å²) in [5, 5.41) is 8.83. The van der Waals surface area contributed by atoms with Gasteiger partial charge in [-0.3, -0.25) is 4.68 Å². The normalized spacial score (nSPS) is 12.6. The second-order valence-corrected chi connectivity index (χ2v) is 5.78. The number of nitrogens with zero attached hydrogens (tertiary/aromatic N) is 2. The maximum Gasteiger partial charge on any atom is 0.0522 e. The second kappa shape index (κ2) is 7.62. The quantitative estimate of drug-likeness (QED) is 0.833. The van der Waals surface area contributed by atoms with Crippen molar-refractivity contribution in [3.63, 3.8) is 0 Å². The summed E-state index contributed by atoms with van der Waals surface area (Å²) in [5.41, 5.74) is 3.70. The molecule has 2 aromatic rings. The molecular formula is C17H24ClN3. The van der Waals surface area contributed by atoms with Gasteiger partial charge in [0.1, 0.15) is 0 Å². The van der Waals surface area contributed by atoms with E-state index in [4.69, 9.17) is 11.6 Å². The Bertz CT molecular complexity index is 577. The highest BCUT2D eigenvalue weighted by Gasteiger charge is 2.16. The molecule has 1 N–H and O–H groups in total. The van der Waals surface area contributed by atoms with Gasteiger partial charge in [-0.05, 0) is 56.0 Å². The Hall–Kier alpha value is -1.32. The van der Waals surface area contributed by atoms with Gasteiger partial charge in [-0.15, -0.1) is 0 Å². The average molecular weight is 306 g/mol. The van der Waals surface area contributed by atoms with E-state index >= 15 is 0 Å². The van der Waals surface area contributed by atoms with Gasteiger partial charge in [0.05, 0.1) is 6.20 Å². The Morgan fingerprint density at radius 1 is 1.33 bits per heavy atom. The van der Waals surface area contributed by atoms with E-state index in [1.54, 1.807) is 0 Å². The Morgan fingerprint density at radius 2 is 2.14 bits per heavy atom. The molecule has 0 fully saturated rings. The smallest absolute Gasteiger partial charge is 0.0522 e. The van der Waals surface area contributed by atoms with Crippen LogP contribution >= 0.6 is 11.6 Å². The van der Waals surface area contributed by atoms with Crippen LogP contribution in [0.15, 0.2) is 30.6 Å². The molecule has 0 saturated carbocycles. The van der Waals surface area contributed by atoms with Gasteiger partial charge in [-0.2, -0.15) is 5.10 Å². The van der Waals surface area contributed by atoms with Crippen LogP contribution in [0, 0.1) is 6.92 Å². The number of hydrogen-bond acceptors (Lipinski definition) is 2. The van der Waals surface area contributed by atoms with E-state index in [0.29, 0.717) is 0 Å². The second-order valence-electron chi connectivity index (χ2n) is 5.37. The van der Waals surface area contributed by atoms with E-state index in [1.807, 2.05) is 23.0 Å². The summed E-state index contributed by atoms with van der Waals surface area (Å²) < 4.78 is 1.97. The Labute approximate surface area is 132 Å². The third-order valence-corrected chi connectivity index (χ3v) is 4.19. The first-order valence-corrected chi connectivity index (χ1v) is 8.03. The van der Waals surface area contributed by atoms with Crippen molar-refractivity contribution in [2.75, 3.05) is 6.54 Å². The molecular weight excluding hydrogens is 282 g/mol.